The van der Waals surface area contributed by atoms with E-state index >= 15 is 0 Å². The van der Waals surface area contributed by atoms with Gasteiger partial charge in [-0.15, -0.1) is 0 Å². The first-order valence-electron chi connectivity index (χ1n) is 3.95. The lowest BCUT2D eigenvalue weighted by molar-refractivity contribution is 0.531. The van der Waals surface area contributed by atoms with Crippen molar-refractivity contribution in [3.63, 3.8) is 0 Å². The number of oxazole rings is 1. The molecule has 1 aromatic heterocycles. The minimum Gasteiger partial charge on any atom is -0.423 e. The van der Waals surface area contributed by atoms with E-state index in [1.807, 2.05) is 6.92 Å². The Hall–Kier alpha value is -1.64. The summed E-state index contributed by atoms with van der Waals surface area (Å²) in [5.74, 6) is 1.08. The summed E-state index contributed by atoms with van der Waals surface area (Å²) in [5, 5.41) is 0. The summed E-state index contributed by atoms with van der Waals surface area (Å²) in [5.41, 5.74) is 1.46. The SMILES string of the molecule is C=CC(C)=Nc1oc(C)nc1C=C. The number of nitrogens with zero attached hydrogens (tertiary/aromatic N) is 2. The normalized spacial score (nSPS) is 11.4. The fourth-order valence-corrected chi connectivity index (χ4v) is 0.851. The molecular formula is C10H12N2O. The van der Waals surface area contributed by atoms with Crippen molar-refractivity contribution >= 4 is 17.7 Å². The molecule has 1 heterocycles. The van der Waals surface area contributed by atoms with Crippen molar-refractivity contribution in [2.75, 3.05) is 0 Å². The van der Waals surface area contributed by atoms with Crippen LogP contribution in [0.5, 0.6) is 0 Å². The molecule has 0 saturated heterocycles. The molecular weight excluding hydrogens is 164 g/mol. The van der Waals surface area contributed by atoms with Gasteiger partial charge in [0.15, 0.2) is 5.89 Å². The highest BCUT2D eigenvalue weighted by molar-refractivity contribution is 5.94. The predicted molar refractivity (Wildman–Crippen MR) is 54.3 cm³/mol. The third-order valence-electron chi connectivity index (χ3n) is 1.51. The van der Waals surface area contributed by atoms with Gasteiger partial charge in [0.1, 0.15) is 5.69 Å². The van der Waals surface area contributed by atoms with E-state index in [0.29, 0.717) is 17.5 Å². The molecule has 0 aromatic carbocycles. The van der Waals surface area contributed by atoms with Gasteiger partial charge in [-0.3, -0.25) is 0 Å². The van der Waals surface area contributed by atoms with Gasteiger partial charge in [0.25, 0.3) is 0 Å². The first-order chi connectivity index (χ1) is 6.17. The molecule has 0 radical (unpaired) electrons. The van der Waals surface area contributed by atoms with E-state index in [1.54, 1.807) is 19.1 Å². The molecule has 1 rings (SSSR count). The van der Waals surface area contributed by atoms with E-state index in [2.05, 4.69) is 23.1 Å². The summed E-state index contributed by atoms with van der Waals surface area (Å²) < 4.78 is 5.26. The molecule has 0 aliphatic carbocycles. The minimum absolute atomic E-state index is 0.491. The molecule has 0 aliphatic heterocycles. The minimum atomic E-state index is 0.491. The maximum absolute atomic E-state index is 5.26. The highest BCUT2D eigenvalue weighted by atomic mass is 16.4. The Kier molecular flexibility index (Phi) is 2.80. The molecule has 3 nitrogen and oxygen atoms in total. The van der Waals surface area contributed by atoms with Gasteiger partial charge in [0.2, 0.25) is 5.88 Å². The molecule has 0 N–H and O–H groups in total. The van der Waals surface area contributed by atoms with E-state index in [0.717, 1.165) is 5.71 Å². The van der Waals surface area contributed by atoms with Crippen LogP contribution in [0.25, 0.3) is 6.08 Å². The monoisotopic (exact) mass is 176 g/mol. The molecule has 0 bridgehead atoms. The molecule has 0 spiro atoms. The fourth-order valence-electron chi connectivity index (χ4n) is 0.851. The summed E-state index contributed by atoms with van der Waals surface area (Å²) in [6.45, 7) is 10.8. The van der Waals surface area contributed by atoms with Gasteiger partial charge in [0, 0.05) is 12.6 Å². The first-order valence-corrected chi connectivity index (χ1v) is 3.95. The smallest absolute Gasteiger partial charge is 0.247 e. The molecule has 0 aliphatic rings. The van der Waals surface area contributed by atoms with Crippen molar-refractivity contribution in [2.24, 2.45) is 4.99 Å². The Balaban J connectivity index is 3.13. The van der Waals surface area contributed by atoms with E-state index in [4.69, 9.17) is 4.42 Å². The summed E-state index contributed by atoms with van der Waals surface area (Å²) in [7, 11) is 0. The number of aliphatic imine (C=N–C) groups is 1. The van der Waals surface area contributed by atoms with Crippen LogP contribution in [0, 0.1) is 6.92 Å². The number of allylic oxidation sites excluding steroid dienone is 1. The van der Waals surface area contributed by atoms with Gasteiger partial charge in [0.05, 0.1) is 0 Å². The molecule has 0 atom stereocenters. The largest absolute Gasteiger partial charge is 0.423 e. The van der Waals surface area contributed by atoms with Crippen molar-refractivity contribution in [1.29, 1.82) is 0 Å². The third kappa shape index (κ3) is 2.15. The molecule has 0 saturated carbocycles. The second kappa shape index (κ2) is 3.85. The van der Waals surface area contributed by atoms with Crippen molar-refractivity contribution in [3.8, 4) is 0 Å². The summed E-state index contributed by atoms with van der Waals surface area (Å²) in [4.78, 5) is 8.26. The Labute approximate surface area is 77.5 Å². The van der Waals surface area contributed by atoms with E-state index in [1.165, 1.54) is 0 Å². The predicted octanol–water partition coefficient (Wildman–Crippen LogP) is 2.90. The van der Waals surface area contributed by atoms with Crippen molar-refractivity contribution in [3.05, 3.63) is 30.8 Å². The average Bonchev–Trinajstić information content (AvgIpc) is 2.46. The van der Waals surface area contributed by atoms with Crippen molar-refractivity contribution < 1.29 is 4.42 Å². The number of aromatic nitrogens is 1. The second-order valence-electron chi connectivity index (χ2n) is 2.58. The number of hydrogen-bond donors (Lipinski definition) is 0. The lowest BCUT2D eigenvalue weighted by Gasteiger charge is -1.89. The maximum Gasteiger partial charge on any atom is 0.247 e. The zero-order valence-corrected chi connectivity index (χ0v) is 7.87. The topological polar surface area (TPSA) is 38.4 Å². The van der Waals surface area contributed by atoms with E-state index in [-0.39, 0.29) is 0 Å². The number of hydrogen-bond acceptors (Lipinski definition) is 3. The second-order valence-corrected chi connectivity index (χ2v) is 2.58. The molecule has 1 aromatic rings. The Morgan fingerprint density at radius 1 is 1.54 bits per heavy atom. The van der Waals surface area contributed by atoms with Crippen LogP contribution >= 0.6 is 0 Å². The summed E-state index contributed by atoms with van der Waals surface area (Å²) in [6, 6.07) is 0. The molecule has 0 unspecified atom stereocenters. The highest BCUT2D eigenvalue weighted by Gasteiger charge is 2.05. The van der Waals surface area contributed by atoms with Crippen LogP contribution in [0.1, 0.15) is 18.5 Å². The van der Waals surface area contributed by atoms with Gasteiger partial charge in [-0.1, -0.05) is 13.2 Å². The van der Waals surface area contributed by atoms with Gasteiger partial charge in [-0.25, -0.2) is 9.98 Å². The third-order valence-corrected chi connectivity index (χ3v) is 1.51. The van der Waals surface area contributed by atoms with Gasteiger partial charge >= 0.3 is 0 Å². The van der Waals surface area contributed by atoms with Crippen molar-refractivity contribution in [2.45, 2.75) is 13.8 Å². The average molecular weight is 176 g/mol. The Morgan fingerprint density at radius 2 is 2.23 bits per heavy atom. The van der Waals surface area contributed by atoms with Crippen LogP contribution in [-0.4, -0.2) is 10.7 Å². The number of rotatable bonds is 3. The van der Waals surface area contributed by atoms with Crippen LogP contribution in [-0.2, 0) is 0 Å². The van der Waals surface area contributed by atoms with Crippen LogP contribution in [0.15, 0.2) is 28.6 Å². The van der Waals surface area contributed by atoms with Gasteiger partial charge in [-0.2, -0.15) is 0 Å². The standard InChI is InChI=1S/C10H12N2O/c1-5-7(3)11-10-9(6-2)12-8(4)13-10/h5-6H,1-2H2,3-4H3. The zero-order chi connectivity index (χ0) is 9.84. The quantitative estimate of drug-likeness (QED) is 0.664. The van der Waals surface area contributed by atoms with Gasteiger partial charge in [-0.05, 0) is 19.1 Å². The summed E-state index contributed by atoms with van der Waals surface area (Å²) >= 11 is 0. The first kappa shape index (κ1) is 9.45. The van der Waals surface area contributed by atoms with Crippen LogP contribution in [0.4, 0.5) is 5.88 Å². The molecule has 0 fully saturated rings. The summed E-state index contributed by atoms with van der Waals surface area (Å²) in [6.07, 6.45) is 3.27. The molecule has 13 heavy (non-hydrogen) atoms. The van der Waals surface area contributed by atoms with E-state index < -0.39 is 0 Å². The van der Waals surface area contributed by atoms with Crippen LogP contribution < -0.4 is 0 Å². The molecule has 3 heteroatoms. The Bertz CT molecular complexity index is 361. The lowest BCUT2D eigenvalue weighted by atomic mass is 10.4. The van der Waals surface area contributed by atoms with Gasteiger partial charge < -0.3 is 4.42 Å². The Morgan fingerprint density at radius 3 is 2.77 bits per heavy atom. The van der Waals surface area contributed by atoms with E-state index in [9.17, 15) is 0 Å². The molecule has 0 amide bonds. The number of aryl methyl sites for hydroxylation is 1. The molecule has 68 valence electrons. The fraction of sp³-hybridized carbons (Fsp3) is 0.200. The zero-order valence-electron chi connectivity index (χ0n) is 7.87. The van der Waals surface area contributed by atoms with Crippen molar-refractivity contribution in [1.82, 2.24) is 4.98 Å². The highest BCUT2D eigenvalue weighted by Crippen LogP contribution is 2.21. The maximum atomic E-state index is 5.26. The van der Waals surface area contributed by atoms with Crippen LogP contribution in [0.3, 0.4) is 0 Å². The van der Waals surface area contributed by atoms with Crippen LogP contribution in [0.2, 0.25) is 0 Å². The lowest BCUT2D eigenvalue weighted by Crippen LogP contribution is -1.81.